The molecule has 2 amide bonds. The SMILES string of the molecule is CC(=O)c1cccc(C(=O)NC2CCN(C(=O)c3cc(-c4ccc(F)cc4)n[nH]3)CC2)c1. The van der Waals surface area contributed by atoms with Gasteiger partial charge in [-0.25, -0.2) is 4.39 Å². The van der Waals surface area contributed by atoms with Gasteiger partial charge in [0.2, 0.25) is 0 Å². The highest BCUT2D eigenvalue weighted by molar-refractivity contribution is 5.99. The van der Waals surface area contributed by atoms with E-state index in [0.717, 1.165) is 5.56 Å². The highest BCUT2D eigenvalue weighted by Crippen LogP contribution is 2.20. The molecule has 164 valence electrons. The van der Waals surface area contributed by atoms with Crippen LogP contribution in [-0.2, 0) is 0 Å². The molecule has 0 radical (unpaired) electrons. The van der Waals surface area contributed by atoms with Gasteiger partial charge in [-0.1, -0.05) is 12.1 Å². The topological polar surface area (TPSA) is 95.2 Å². The summed E-state index contributed by atoms with van der Waals surface area (Å²) < 4.78 is 13.1. The summed E-state index contributed by atoms with van der Waals surface area (Å²) in [5.74, 6) is -0.810. The van der Waals surface area contributed by atoms with Crippen LogP contribution in [0, 0.1) is 5.82 Å². The predicted octanol–water partition coefficient (Wildman–Crippen LogP) is 3.45. The summed E-state index contributed by atoms with van der Waals surface area (Å²) in [5, 5.41) is 9.92. The van der Waals surface area contributed by atoms with Crippen LogP contribution in [0.3, 0.4) is 0 Å². The summed E-state index contributed by atoms with van der Waals surface area (Å²) in [6.45, 7) is 2.47. The molecule has 1 aromatic heterocycles. The van der Waals surface area contributed by atoms with E-state index in [1.807, 2.05) is 0 Å². The number of amides is 2. The number of ketones is 1. The fourth-order valence-corrected chi connectivity index (χ4v) is 3.75. The molecule has 1 saturated heterocycles. The van der Waals surface area contributed by atoms with E-state index in [9.17, 15) is 18.8 Å². The minimum Gasteiger partial charge on any atom is -0.349 e. The summed E-state index contributed by atoms with van der Waals surface area (Å²) in [6.07, 6.45) is 1.26. The van der Waals surface area contributed by atoms with E-state index in [1.165, 1.54) is 19.1 Å². The minimum absolute atomic E-state index is 0.0518. The molecule has 32 heavy (non-hydrogen) atoms. The van der Waals surface area contributed by atoms with Crippen LogP contribution in [0.25, 0.3) is 11.3 Å². The monoisotopic (exact) mass is 434 g/mol. The number of H-pyrrole nitrogens is 1. The summed E-state index contributed by atoms with van der Waals surface area (Å²) in [7, 11) is 0. The van der Waals surface area contributed by atoms with Crippen molar-refractivity contribution in [3.05, 3.63) is 77.2 Å². The molecule has 0 spiro atoms. The Morgan fingerprint density at radius 2 is 1.72 bits per heavy atom. The van der Waals surface area contributed by atoms with Crippen LogP contribution in [0.2, 0.25) is 0 Å². The van der Waals surface area contributed by atoms with Crippen LogP contribution in [0.4, 0.5) is 4.39 Å². The first-order chi connectivity index (χ1) is 15.4. The van der Waals surface area contributed by atoms with Crippen molar-refractivity contribution in [1.29, 1.82) is 0 Å². The van der Waals surface area contributed by atoms with Crippen molar-refractivity contribution in [2.75, 3.05) is 13.1 Å². The van der Waals surface area contributed by atoms with E-state index >= 15 is 0 Å². The van der Waals surface area contributed by atoms with E-state index in [1.54, 1.807) is 47.4 Å². The highest BCUT2D eigenvalue weighted by Gasteiger charge is 2.26. The summed E-state index contributed by atoms with van der Waals surface area (Å²) >= 11 is 0. The first-order valence-electron chi connectivity index (χ1n) is 10.4. The number of hydrogen-bond acceptors (Lipinski definition) is 4. The average molecular weight is 434 g/mol. The largest absolute Gasteiger partial charge is 0.349 e. The number of halogens is 1. The van der Waals surface area contributed by atoms with E-state index < -0.39 is 0 Å². The highest BCUT2D eigenvalue weighted by atomic mass is 19.1. The van der Waals surface area contributed by atoms with Crippen molar-refractivity contribution in [2.24, 2.45) is 0 Å². The zero-order valence-electron chi connectivity index (χ0n) is 17.6. The quantitative estimate of drug-likeness (QED) is 0.602. The maximum atomic E-state index is 13.1. The Hall–Kier alpha value is -3.81. The second-order valence-corrected chi connectivity index (χ2v) is 7.85. The number of likely N-dealkylation sites (tertiary alicyclic amines) is 1. The van der Waals surface area contributed by atoms with Crippen LogP contribution in [0.5, 0.6) is 0 Å². The molecule has 2 aromatic carbocycles. The molecule has 0 atom stereocenters. The van der Waals surface area contributed by atoms with Gasteiger partial charge in [0.05, 0.1) is 5.69 Å². The minimum atomic E-state index is -0.331. The van der Waals surface area contributed by atoms with Crippen LogP contribution in [0.15, 0.2) is 54.6 Å². The van der Waals surface area contributed by atoms with Gasteiger partial charge in [0.25, 0.3) is 11.8 Å². The van der Waals surface area contributed by atoms with Crippen LogP contribution < -0.4 is 5.32 Å². The number of rotatable bonds is 5. The number of aromatic nitrogens is 2. The molecule has 2 heterocycles. The molecule has 3 aromatic rings. The first-order valence-corrected chi connectivity index (χ1v) is 10.4. The van der Waals surface area contributed by atoms with Gasteiger partial charge in [0.1, 0.15) is 11.5 Å². The standard InChI is InChI=1S/C24H23FN4O3/c1-15(30)17-3-2-4-18(13-17)23(31)26-20-9-11-29(12-10-20)24(32)22-14-21(27-28-22)16-5-7-19(25)8-6-16/h2-8,13-14,20H,9-12H2,1H3,(H,26,31)(H,27,28). The van der Waals surface area contributed by atoms with Gasteiger partial charge in [-0.3, -0.25) is 19.5 Å². The Balaban J connectivity index is 1.33. The first kappa shape index (κ1) is 21.4. The van der Waals surface area contributed by atoms with E-state index in [2.05, 4.69) is 15.5 Å². The lowest BCUT2D eigenvalue weighted by atomic mass is 10.0. The number of aromatic amines is 1. The Morgan fingerprint density at radius 1 is 1.03 bits per heavy atom. The van der Waals surface area contributed by atoms with Crippen molar-refractivity contribution >= 4 is 17.6 Å². The number of benzene rings is 2. The molecule has 0 aliphatic carbocycles. The van der Waals surface area contributed by atoms with Crippen LogP contribution in [-0.4, -0.2) is 51.8 Å². The molecule has 8 heteroatoms. The molecule has 1 aliphatic rings. The molecule has 0 saturated carbocycles. The molecule has 2 N–H and O–H groups in total. The van der Waals surface area contributed by atoms with Gasteiger partial charge >= 0.3 is 0 Å². The number of nitrogens with one attached hydrogen (secondary N) is 2. The Bertz CT molecular complexity index is 1150. The van der Waals surface area contributed by atoms with Gasteiger partial charge in [0, 0.05) is 35.8 Å². The number of Topliss-reactive ketones (excluding diaryl/α,β-unsaturated/α-hetero) is 1. The van der Waals surface area contributed by atoms with Crippen molar-refractivity contribution in [2.45, 2.75) is 25.8 Å². The van der Waals surface area contributed by atoms with Crippen molar-refractivity contribution in [1.82, 2.24) is 20.4 Å². The number of nitrogens with zero attached hydrogens (tertiary/aromatic N) is 2. The number of carbonyl (C=O) groups is 3. The fourth-order valence-electron chi connectivity index (χ4n) is 3.75. The summed E-state index contributed by atoms with van der Waals surface area (Å²) in [6, 6.07) is 14.2. The van der Waals surface area contributed by atoms with Crippen molar-refractivity contribution in [3.63, 3.8) is 0 Å². The van der Waals surface area contributed by atoms with Gasteiger partial charge in [-0.15, -0.1) is 0 Å². The Kier molecular flexibility index (Phi) is 6.11. The smallest absolute Gasteiger partial charge is 0.271 e. The third-order valence-corrected chi connectivity index (χ3v) is 5.60. The lowest BCUT2D eigenvalue weighted by Gasteiger charge is -2.32. The third kappa shape index (κ3) is 4.74. The summed E-state index contributed by atoms with van der Waals surface area (Å²) in [5.41, 5.74) is 2.60. The zero-order valence-corrected chi connectivity index (χ0v) is 17.6. The maximum absolute atomic E-state index is 13.1. The van der Waals surface area contributed by atoms with Gasteiger partial charge < -0.3 is 10.2 Å². The number of piperidine rings is 1. The van der Waals surface area contributed by atoms with Gasteiger partial charge in [-0.05, 0) is 62.2 Å². The van der Waals surface area contributed by atoms with E-state index in [-0.39, 0.29) is 29.5 Å². The van der Waals surface area contributed by atoms with Crippen molar-refractivity contribution < 1.29 is 18.8 Å². The average Bonchev–Trinajstić information content (AvgIpc) is 3.30. The van der Waals surface area contributed by atoms with E-state index in [0.29, 0.717) is 48.4 Å². The number of carbonyl (C=O) groups excluding carboxylic acids is 3. The molecule has 7 nitrogen and oxygen atoms in total. The zero-order chi connectivity index (χ0) is 22.7. The Morgan fingerprint density at radius 3 is 2.41 bits per heavy atom. The van der Waals surface area contributed by atoms with Crippen molar-refractivity contribution in [3.8, 4) is 11.3 Å². The molecule has 1 aliphatic heterocycles. The van der Waals surface area contributed by atoms with E-state index in [4.69, 9.17) is 0 Å². The molecular weight excluding hydrogens is 411 g/mol. The molecular formula is C24H23FN4O3. The van der Waals surface area contributed by atoms with Gasteiger partial charge in [0.15, 0.2) is 5.78 Å². The second kappa shape index (κ2) is 9.13. The lowest BCUT2D eigenvalue weighted by molar-refractivity contribution is 0.0692. The molecule has 0 bridgehead atoms. The van der Waals surface area contributed by atoms with Crippen LogP contribution >= 0.6 is 0 Å². The fraction of sp³-hybridized carbons (Fsp3) is 0.250. The Labute approximate surface area is 184 Å². The number of hydrogen-bond donors (Lipinski definition) is 2. The molecule has 4 rings (SSSR count). The normalized spacial score (nSPS) is 14.2. The molecule has 0 unspecified atom stereocenters. The van der Waals surface area contributed by atoms with Crippen LogP contribution in [0.1, 0.15) is 51.0 Å². The second-order valence-electron chi connectivity index (χ2n) is 7.85. The maximum Gasteiger partial charge on any atom is 0.271 e. The van der Waals surface area contributed by atoms with Gasteiger partial charge in [-0.2, -0.15) is 5.10 Å². The molecule has 1 fully saturated rings. The predicted molar refractivity (Wildman–Crippen MR) is 117 cm³/mol. The lowest BCUT2D eigenvalue weighted by Crippen LogP contribution is -2.46. The third-order valence-electron chi connectivity index (χ3n) is 5.60. The summed E-state index contributed by atoms with van der Waals surface area (Å²) in [4.78, 5) is 38.6.